The molecular formula is C22H22N6OS. The normalized spacial score (nSPS) is 23.5. The van der Waals surface area contributed by atoms with Crippen molar-refractivity contribution in [1.29, 1.82) is 0 Å². The molecule has 3 aromatic heterocycles. The van der Waals surface area contributed by atoms with Gasteiger partial charge in [-0.2, -0.15) is 0 Å². The quantitative estimate of drug-likeness (QED) is 0.706. The number of carbonyl (C=O) groups is 1. The van der Waals surface area contributed by atoms with Crippen molar-refractivity contribution in [3.05, 3.63) is 65.4 Å². The fourth-order valence-corrected chi connectivity index (χ4v) is 5.46. The van der Waals surface area contributed by atoms with E-state index in [1.807, 2.05) is 37.5 Å². The van der Waals surface area contributed by atoms with E-state index in [9.17, 15) is 4.79 Å². The van der Waals surface area contributed by atoms with E-state index in [0.29, 0.717) is 13.1 Å². The van der Waals surface area contributed by atoms with Crippen LogP contribution in [0, 0.1) is 12.8 Å². The van der Waals surface area contributed by atoms with Gasteiger partial charge in [-0.1, -0.05) is 6.07 Å². The molecule has 2 N–H and O–H groups in total. The summed E-state index contributed by atoms with van der Waals surface area (Å²) in [4.78, 5) is 32.6. The third-order valence-corrected chi connectivity index (χ3v) is 7.16. The number of aliphatic imine (C=N–C) groups is 1. The number of hydrogen-bond donors (Lipinski definition) is 1. The highest BCUT2D eigenvalue weighted by Crippen LogP contribution is 2.48. The molecule has 1 fully saturated rings. The first-order chi connectivity index (χ1) is 14.5. The maximum Gasteiger partial charge on any atom is 0.236 e. The van der Waals surface area contributed by atoms with Crippen LogP contribution in [-0.2, 0) is 10.3 Å². The molecule has 0 saturated carbocycles. The van der Waals surface area contributed by atoms with E-state index in [1.165, 1.54) is 4.90 Å². The van der Waals surface area contributed by atoms with Gasteiger partial charge in [0.1, 0.15) is 11.4 Å². The Morgan fingerprint density at radius 1 is 1.23 bits per heavy atom. The summed E-state index contributed by atoms with van der Waals surface area (Å²) in [6, 6.07) is 12.1. The smallest absolute Gasteiger partial charge is 0.236 e. The Labute approximate surface area is 178 Å². The number of pyridine rings is 2. The summed E-state index contributed by atoms with van der Waals surface area (Å²) >= 11 is 1.65. The van der Waals surface area contributed by atoms with Gasteiger partial charge < -0.3 is 10.6 Å². The molecule has 5 rings (SSSR count). The van der Waals surface area contributed by atoms with E-state index in [4.69, 9.17) is 10.7 Å². The van der Waals surface area contributed by atoms with E-state index in [-0.39, 0.29) is 17.8 Å². The number of nitrogens with zero attached hydrogens (tertiary/aromatic N) is 5. The minimum absolute atomic E-state index is 0.00639. The van der Waals surface area contributed by atoms with Gasteiger partial charge in [-0.3, -0.25) is 14.7 Å². The minimum Gasteiger partial charge on any atom is -0.369 e. The number of fused-ring (bicyclic) bond motifs is 1. The van der Waals surface area contributed by atoms with Gasteiger partial charge in [0, 0.05) is 47.5 Å². The second-order valence-electron chi connectivity index (χ2n) is 7.83. The predicted octanol–water partition coefficient (Wildman–Crippen LogP) is 2.63. The first-order valence-corrected chi connectivity index (χ1v) is 10.6. The SMILES string of the molecule is Cc1cncc(-c2ccc([C@]34CN(c5ccccn5)C[C@H]3C(=O)N(C)C(N)=N4)s2)c1. The van der Waals surface area contributed by atoms with Crippen molar-refractivity contribution in [2.45, 2.75) is 12.5 Å². The number of anilines is 1. The maximum atomic E-state index is 13.2. The minimum atomic E-state index is -0.717. The van der Waals surface area contributed by atoms with Crippen molar-refractivity contribution in [3.8, 4) is 10.4 Å². The van der Waals surface area contributed by atoms with Gasteiger partial charge in [-0.25, -0.2) is 9.98 Å². The second-order valence-corrected chi connectivity index (χ2v) is 8.91. The molecule has 1 amide bonds. The number of nitrogens with two attached hydrogens (primary N) is 1. The monoisotopic (exact) mass is 418 g/mol. The number of aromatic nitrogens is 2. The average Bonchev–Trinajstić information content (AvgIpc) is 3.39. The third-order valence-electron chi connectivity index (χ3n) is 5.86. The summed E-state index contributed by atoms with van der Waals surface area (Å²) in [6.07, 6.45) is 5.47. The molecule has 0 aromatic carbocycles. The van der Waals surface area contributed by atoms with Crippen LogP contribution in [0.2, 0.25) is 0 Å². The number of guanidine groups is 1. The zero-order valence-corrected chi connectivity index (χ0v) is 17.6. The number of amides is 1. The highest BCUT2D eigenvalue weighted by atomic mass is 32.1. The van der Waals surface area contributed by atoms with Crippen molar-refractivity contribution in [2.75, 3.05) is 25.0 Å². The van der Waals surface area contributed by atoms with Gasteiger partial charge >= 0.3 is 0 Å². The van der Waals surface area contributed by atoms with Crippen molar-refractivity contribution in [3.63, 3.8) is 0 Å². The summed E-state index contributed by atoms with van der Waals surface area (Å²) in [6.45, 7) is 3.14. The fraction of sp³-hybridized carbons (Fsp3) is 0.273. The lowest BCUT2D eigenvalue weighted by Gasteiger charge is -2.36. The summed E-state index contributed by atoms with van der Waals surface area (Å²) in [5.41, 5.74) is 7.64. The lowest BCUT2D eigenvalue weighted by Crippen LogP contribution is -2.54. The Bertz CT molecular complexity index is 1140. The van der Waals surface area contributed by atoms with Crippen LogP contribution in [0.4, 0.5) is 5.82 Å². The van der Waals surface area contributed by atoms with Crippen molar-refractivity contribution < 1.29 is 4.79 Å². The first kappa shape index (κ1) is 18.7. The molecule has 8 heteroatoms. The maximum absolute atomic E-state index is 13.2. The van der Waals surface area contributed by atoms with Gasteiger partial charge in [0.05, 0.1) is 12.5 Å². The molecule has 2 aliphatic heterocycles. The number of carbonyl (C=O) groups excluding carboxylic acids is 1. The summed E-state index contributed by atoms with van der Waals surface area (Å²) in [5, 5.41) is 0. The second kappa shape index (κ2) is 6.91. The highest BCUT2D eigenvalue weighted by molar-refractivity contribution is 7.15. The van der Waals surface area contributed by atoms with E-state index in [1.54, 1.807) is 24.6 Å². The molecule has 2 aliphatic rings. The molecule has 0 unspecified atom stereocenters. The Morgan fingerprint density at radius 3 is 2.87 bits per heavy atom. The van der Waals surface area contributed by atoms with Crippen LogP contribution in [0.3, 0.4) is 0 Å². The number of thiophene rings is 1. The average molecular weight is 419 g/mol. The molecule has 3 aromatic rings. The van der Waals surface area contributed by atoms with Crippen LogP contribution >= 0.6 is 11.3 Å². The van der Waals surface area contributed by atoms with Gasteiger partial charge in [0.2, 0.25) is 5.91 Å². The molecule has 0 spiro atoms. The van der Waals surface area contributed by atoms with Crippen molar-refractivity contribution in [2.24, 2.45) is 16.6 Å². The van der Waals surface area contributed by atoms with Gasteiger partial charge in [0.25, 0.3) is 0 Å². The molecule has 2 atom stereocenters. The summed E-state index contributed by atoms with van der Waals surface area (Å²) in [7, 11) is 1.69. The fourth-order valence-electron chi connectivity index (χ4n) is 4.29. The van der Waals surface area contributed by atoms with Crippen LogP contribution in [0.5, 0.6) is 0 Å². The third kappa shape index (κ3) is 2.87. The molecule has 30 heavy (non-hydrogen) atoms. The van der Waals surface area contributed by atoms with Crippen LogP contribution in [-0.4, -0.2) is 46.9 Å². The van der Waals surface area contributed by atoms with Gasteiger partial charge in [0.15, 0.2) is 5.96 Å². The van der Waals surface area contributed by atoms with E-state index < -0.39 is 5.54 Å². The Morgan fingerprint density at radius 2 is 2.10 bits per heavy atom. The summed E-state index contributed by atoms with van der Waals surface area (Å²) < 4.78 is 0. The molecule has 1 saturated heterocycles. The van der Waals surface area contributed by atoms with Gasteiger partial charge in [-0.05, 0) is 42.8 Å². The predicted molar refractivity (Wildman–Crippen MR) is 118 cm³/mol. The molecule has 0 bridgehead atoms. The molecule has 0 radical (unpaired) electrons. The van der Waals surface area contributed by atoms with E-state index in [0.717, 1.165) is 26.7 Å². The zero-order chi connectivity index (χ0) is 20.9. The van der Waals surface area contributed by atoms with E-state index >= 15 is 0 Å². The standard InChI is InChI=1S/C22H22N6OS/c1-14-9-15(11-24-10-14)17-6-7-18(30-17)22-13-28(19-5-3-4-8-25-19)12-16(22)20(29)27(2)21(23)26-22/h3-11,16H,12-13H2,1-2H3,(H2,23,26)/t16-,22-/m0/s1. The lowest BCUT2D eigenvalue weighted by atomic mass is 9.84. The summed E-state index contributed by atoms with van der Waals surface area (Å²) in [5.74, 6) is 0.772. The van der Waals surface area contributed by atoms with Crippen LogP contribution in [0.25, 0.3) is 10.4 Å². The Hall–Kier alpha value is -3.26. The van der Waals surface area contributed by atoms with Crippen molar-refractivity contribution >= 4 is 29.0 Å². The first-order valence-electron chi connectivity index (χ1n) is 9.79. The Kier molecular flexibility index (Phi) is 4.32. The topological polar surface area (TPSA) is 87.7 Å². The zero-order valence-electron chi connectivity index (χ0n) is 16.8. The van der Waals surface area contributed by atoms with Crippen molar-refractivity contribution in [1.82, 2.24) is 14.9 Å². The van der Waals surface area contributed by atoms with Gasteiger partial charge in [-0.15, -0.1) is 11.3 Å². The molecular weight excluding hydrogens is 396 g/mol. The number of hydrogen-bond acceptors (Lipinski definition) is 7. The number of aryl methyl sites for hydroxylation is 1. The lowest BCUT2D eigenvalue weighted by molar-refractivity contribution is -0.132. The molecule has 7 nitrogen and oxygen atoms in total. The number of rotatable bonds is 3. The van der Waals surface area contributed by atoms with Crippen LogP contribution in [0.1, 0.15) is 10.4 Å². The van der Waals surface area contributed by atoms with E-state index in [2.05, 4.69) is 33.1 Å². The largest absolute Gasteiger partial charge is 0.369 e. The molecule has 152 valence electrons. The van der Waals surface area contributed by atoms with Crippen LogP contribution in [0.15, 0.2) is 60.0 Å². The molecule has 0 aliphatic carbocycles. The highest BCUT2D eigenvalue weighted by Gasteiger charge is 2.56. The molecule has 5 heterocycles. The van der Waals surface area contributed by atoms with Crippen LogP contribution < -0.4 is 10.6 Å². The Balaban J connectivity index is 1.60.